The van der Waals surface area contributed by atoms with E-state index in [-0.39, 0.29) is 5.02 Å². The summed E-state index contributed by atoms with van der Waals surface area (Å²) < 4.78 is 14.6. The minimum Gasteiger partial charge on any atom is -0.366 e. The van der Waals surface area contributed by atoms with Gasteiger partial charge in [0.25, 0.3) is 0 Å². The third-order valence-electron chi connectivity index (χ3n) is 2.28. The van der Waals surface area contributed by atoms with Gasteiger partial charge < -0.3 is 5.32 Å². The van der Waals surface area contributed by atoms with Crippen molar-refractivity contribution >= 4 is 17.4 Å². The van der Waals surface area contributed by atoms with E-state index in [0.717, 1.165) is 11.4 Å². The Morgan fingerprint density at radius 1 is 1.44 bits per heavy atom. The summed E-state index contributed by atoms with van der Waals surface area (Å²) in [7, 11) is 1.85. The second-order valence-corrected chi connectivity index (χ2v) is 3.85. The van der Waals surface area contributed by atoms with Gasteiger partial charge in [-0.25, -0.2) is 4.39 Å². The van der Waals surface area contributed by atoms with Crippen LogP contribution in [0.4, 0.5) is 10.2 Å². The second-order valence-electron chi connectivity index (χ2n) is 3.44. The van der Waals surface area contributed by atoms with Gasteiger partial charge in [-0.3, -0.25) is 4.68 Å². The Bertz CT molecular complexity index is 496. The average molecular weight is 240 g/mol. The molecule has 0 bridgehead atoms. The smallest absolute Gasteiger partial charge is 0.141 e. The van der Waals surface area contributed by atoms with Gasteiger partial charge in [-0.2, -0.15) is 5.10 Å². The van der Waals surface area contributed by atoms with Crippen molar-refractivity contribution in [1.29, 1.82) is 0 Å². The predicted octanol–water partition coefficient (Wildman–Crippen LogP) is 2.82. The van der Waals surface area contributed by atoms with Crippen LogP contribution in [0.15, 0.2) is 30.5 Å². The van der Waals surface area contributed by atoms with Crippen molar-refractivity contribution in [1.82, 2.24) is 9.78 Å². The van der Waals surface area contributed by atoms with Crippen molar-refractivity contribution in [3.8, 4) is 0 Å². The van der Waals surface area contributed by atoms with E-state index >= 15 is 0 Å². The first-order chi connectivity index (χ1) is 7.66. The summed E-state index contributed by atoms with van der Waals surface area (Å²) in [5.41, 5.74) is 0.924. The number of nitrogens with zero attached hydrogens (tertiary/aromatic N) is 2. The second kappa shape index (κ2) is 4.53. The van der Waals surface area contributed by atoms with Crippen LogP contribution in [0.1, 0.15) is 5.56 Å². The summed E-state index contributed by atoms with van der Waals surface area (Å²) in [5, 5.41) is 7.35. The van der Waals surface area contributed by atoms with E-state index in [4.69, 9.17) is 11.6 Å². The Labute approximate surface area is 97.8 Å². The molecule has 2 rings (SSSR count). The van der Waals surface area contributed by atoms with Crippen molar-refractivity contribution < 1.29 is 4.39 Å². The van der Waals surface area contributed by atoms with Crippen molar-refractivity contribution in [2.45, 2.75) is 6.54 Å². The summed E-state index contributed by atoms with van der Waals surface area (Å²) in [6.07, 6.45) is 1.71. The number of hydrogen-bond acceptors (Lipinski definition) is 2. The number of rotatable bonds is 3. The molecule has 0 saturated carbocycles. The van der Waals surface area contributed by atoms with Crippen LogP contribution < -0.4 is 5.32 Å². The van der Waals surface area contributed by atoms with Crippen LogP contribution in [-0.4, -0.2) is 9.78 Å². The number of halogens is 2. The molecule has 0 saturated heterocycles. The first kappa shape index (κ1) is 11.0. The standard InChI is InChI=1S/C11H11ClFN3/c1-16-11(4-5-15-16)14-7-8-2-3-10(13)9(12)6-8/h2-6,14H,7H2,1H3. The Morgan fingerprint density at radius 3 is 2.88 bits per heavy atom. The maximum atomic E-state index is 12.9. The maximum Gasteiger partial charge on any atom is 0.141 e. The molecule has 0 aliphatic carbocycles. The zero-order chi connectivity index (χ0) is 11.5. The summed E-state index contributed by atoms with van der Waals surface area (Å²) in [5.74, 6) is 0.506. The molecule has 1 heterocycles. The highest BCUT2D eigenvalue weighted by atomic mass is 35.5. The van der Waals surface area contributed by atoms with Crippen LogP contribution in [-0.2, 0) is 13.6 Å². The molecule has 3 nitrogen and oxygen atoms in total. The minimum atomic E-state index is -0.397. The molecule has 1 aromatic carbocycles. The van der Waals surface area contributed by atoms with Gasteiger partial charge in [0.2, 0.25) is 0 Å². The van der Waals surface area contributed by atoms with Gasteiger partial charge in [0, 0.05) is 19.7 Å². The Hall–Kier alpha value is -1.55. The van der Waals surface area contributed by atoms with Crippen LogP contribution in [0.2, 0.25) is 5.02 Å². The molecule has 0 radical (unpaired) electrons. The number of hydrogen-bond donors (Lipinski definition) is 1. The lowest BCUT2D eigenvalue weighted by Crippen LogP contribution is -2.04. The molecule has 1 N–H and O–H groups in total. The van der Waals surface area contributed by atoms with Crippen LogP contribution in [0.5, 0.6) is 0 Å². The maximum absolute atomic E-state index is 12.9. The Morgan fingerprint density at radius 2 is 2.25 bits per heavy atom. The molecule has 5 heteroatoms. The van der Waals surface area contributed by atoms with E-state index in [1.807, 2.05) is 13.1 Å². The molecule has 2 aromatic rings. The van der Waals surface area contributed by atoms with Crippen molar-refractivity contribution in [3.63, 3.8) is 0 Å². The van der Waals surface area contributed by atoms with E-state index in [2.05, 4.69) is 10.4 Å². The molecular formula is C11H11ClFN3. The molecule has 1 aromatic heterocycles. The minimum absolute atomic E-state index is 0.143. The summed E-state index contributed by atoms with van der Waals surface area (Å²) in [4.78, 5) is 0. The normalized spacial score (nSPS) is 10.4. The summed E-state index contributed by atoms with van der Waals surface area (Å²) in [6.45, 7) is 0.583. The fourth-order valence-corrected chi connectivity index (χ4v) is 1.59. The monoisotopic (exact) mass is 239 g/mol. The zero-order valence-corrected chi connectivity index (χ0v) is 9.50. The molecule has 16 heavy (non-hydrogen) atoms. The highest BCUT2D eigenvalue weighted by molar-refractivity contribution is 6.30. The Kier molecular flexibility index (Phi) is 3.10. The number of anilines is 1. The third-order valence-corrected chi connectivity index (χ3v) is 2.57. The summed E-state index contributed by atoms with van der Waals surface area (Å²) in [6, 6.07) is 6.54. The number of aryl methyl sites for hydroxylation is 1. The van der Waals surface area contributed by atoms with E-state index in [1.165, 1.54) is 6.07 Å². The quantitative estimate of drug-likeness (QED) is 0.893. The lowest BCUT2D eigenvalue weighted by atomic mass is 10.2. The van der Waals surface area contributed by atoms with Gasteiger partial charge in [0.1, 0.15) is 11.6 Å². The van der Waals surface area contributed by atoms with Gasteiger partial charge in [0.15, 0.2) is 0 Å². The lowest BCUT2D eigenvalue weighted by molar-refractivity contribution is 0.627. The van der Waals surface area contributed by atoms with Crippen molar-refractivity contribution in [2.75, 3.05) is 5.32 Å². The molecule has 84 valence electrons. The molecule has 0 aliphatic rings. The zero-order valence-electron chi connectivity index (χ0n) is 8.74. The third kappa shape index (κ3) is 2.33. The highest BCUT2D eigenvalue weighted by Crippen LogP contribution is 2.16. The van der Waals surface area contributed by atoms with Gasteiger partial charge in [-0.1, -0.05) is 17.7 Å². The van der Waals surface area contributed by atoms with E-state index in [0.29, 0.717) is 6.54 Å². The molecule has 0 spiro atoms. The molecule has 0 fully saturated rings. The van der Waals surface area contributed by atoms with E-state index < -0.39 is 5.82 Å². The Balaban J connectivity index is 2.05. The van der Waals surface area contributed by atoms with E-state index in [1.54, 1.807) is 23.0 Å². The van der Waals surface area contributed by atoms with Crippen molar-refractivity contribution in [3.05, 3.63) is 46.9 Å². The first-order valence-electron chi connectivity index (χ1n) is 4.82. The van der Waals surface area contributed by atoms with Crippen LogP contribution >= 0.6 is 11.6 Å². The number of nitrogens with one attached hydrogen (secondary N) is 1. The number of aromatic nitrogens is 2. The molecular weight excluding hydrogens is 229 g/mol. The summed E-state index contributed by atoms with van der Waals surface area (Å²) >= 11 is 5.69. The molecule has 0 aliphatic heterocycles. The van der Waals surface area contributed by atoms with Crippen LogP contribution in [0.3, 0.4) is 0 Å². The van der Waals surface area contributed by atoms with Gasteiger partial charge in [0.05, 0.1) is 11.2 Å². The highest BCUT2D eigenvalue weighted by Gasteiger charge is 2.02. The number of benzene rings is 1. The van der Waals surface area contributed by atoms with E-state index in [9.17, 15) is 4.39 Å². The lowest BCUT2D eigenvalue weighted by Gasteiger charge is -2.06. The molecule has 0 unspecified atom stereocenters. The van der Waals surface area contributed by atoms with Crippen LogP contribution in [0.25, 0.3) is 0 Å². The average Bonchev–Trinajstić information content (AvgIpc) is 2.66. The largest absolute Gasteiger partial charge is 0.366 e. The van der Waals surface area contributed by atoms with Crippen molar-refractivity contribution in [2.24, 2.45) is 7.05 Å². The first-order valence-corrected chi connectivity index (χ1v) is 5.20. The predicted molar refractivity (Wildman–Crippen MR) is 61.9 cm³/mol. The molecule has 0 atom stereocenters. The fraction of sp³-hybridized carbons (Fsp3) is 0.182. The molecule has 0 amide bonds. The van der Waals surface area contributed by atoms with Gasteiger partial charge in [-0.15, -0.1) is 0 Å². The van der Waals surface area contributed by atoms with Gasteiger partial charge >= 0.3 is 0 Å². The fourth-order valence-electron chi connectivity index (χ4n) is 1.39. The SMILES string of the molecule is Cn1nccc1NCc1ccc(F)c(Cl)c1. The topological polar surface area (TPSA) is 29.9 Å². The van der Waals surface area contributed by atoms with Crippen LogP contribution in [0, 0.1) is 5.82 Å². The van der Waals surface area contributed by atoms with Gasteiger partial charge in [-0.05, 0) is 17.7 Å².